The van der Waals surface area contributed by atoms with E-state index in [2.05, 4.69) is 15.3 Å². The number of rotatable bonds is 4. The number of nitrogens with zero attached hydrogens (tertiary/aromatic N) is 3. The molecule has 0 saturated heterocycles. The topological polar surface area (TPSA) is 51.5 Å². The molecule has 0 atom stereocenters. The normalized spacial score (nSPS) is 10.7. The summed E-state index contributed by atoms with van der Waals surface area (Å²) in [5.41, 5.74) is 3.94. The first-order valence-corrected chi connectivity index (χ1v) is 7.63. The molecule has 0 unspecified atom stereocenters. The second kappa shape index (κ2) is 6.04. The number of nitrogens with one attached hydrogen (secondary N) is 1. The van der Waals surface area contributed by atoms with Crippen molar-refractivity contribution in [2.24, 2.45) is 0 Å². The molecule has 5 heteroatoms. The number of fused-ring (bicyclic) bond motifs is 1. The van der Waals surface area contributed by atoms with E-state index in [0.717, 1.165) is 34.0 Å². The summed E-state index contributed by atoms with van der Waals surface area (Å²) in [6.45, 7) is 0. The van der Waals surface area contributed by atoms with Crippen LogP contribution in [0.2, 0.25) is 0 Å². The van der Waals surface area contributed by atoms with Gasteiger partial charge in [-0.15, -0.1) is 0 Å². The minimum Gasteiger partial charge on any atom is -0.497 e. The van der Waals surface area contributed by atoms with Gasteiger partial charge in [-0.25, -0.2) is 9.97 Å². The van der Waals surface area contributed by atoms with Gasteiger partial charge < -0.3 is 10.1 Å². The van der Waals surface area contributed by atoms with Gasteiger partial charge in [-0.2, -0.15) is 0 Å². The SMILES string of the molecule is COc1ccc(-c2cnc(Nc3ccccc3)c3cncn23)cc1. The van der Waals surface area contributed by atoms with Gasteiger partial charge in [0.2, 0.25) is 0 Å². The first-order valence-electron chi connectivity index (χ1n) is 7.63. The first-order chi connectivity index (χ1) is 11.8. The minimum atomic E-state index is 0.774. The Bertz CT molecular complexity index is 962. The fourth-order valence-electron chi connectivity index (χ4n) is 2.65. The smallest absolute Gasteiger partial charge is 0.156 e. The highest BCUT2D eigenvalue weighted by Crippen LogP contribution is 2.26. The molecule has 24 heavy (non-hydrogen) atoms. The van der Waals surface area contributed by atoms with Gasteiger partial charge in [0.25, 0.3) is 0 Å². The minimum absolute atomic E-state index is 0.774. The van der Waals surface area contributed by atoms with Gasteiger partial charge >= 0.3 is 0 Å². The molecule has 1 N–H and O–H groups in total. The number of aromatic nitrogens is 3. The lowest BCUT2D eigenvalue weighted by Crippen LogP contribution is -1.99. The zero-order valence-corrected chi connectivity index (χ0v) is 13.2. The molecular weight excluding hydrogens is 300 g/mol. The average Bonchev–Trinajstić information content (AvgIpc) is 3.13. The number of hydrogen-bond acceptors (Lipinski definition) is 4. The molecule has 0 aliphatic heterocycles. The molecule has 4 aromatic rings. The molecule has 0 amide bonds. The highest BCUT2D eigenvalue weighted by Gasteiger charge is 2.10. The van der Waals surface area contributed by atoms with Crippen LogP contribution in [-0.2, 0) is 0 Å². The van der Waals surface area contributed by atoms with Crippen molar-refractivity contribution in [3.8, 4) is 17.0 Å². The van der Waals surface area contributed by atoms with Gasteiger partial charge in [0.1, 0.15) is 11.3 Å². The van der Waals surface area contributed by atoms with Gasteiger partial charge in [0.15, 0.2) is 5.82 Å². The number of imidazole rings is 1. The maximum Gasteiger partial charge on any atom is 0.156 e. The zero-order valence-electron chi connectivity index (χ0n) is 13.2. The fourth-order valence-corrected chi connectivity index (χ4v) is 2.65. The lowest BCUT2D eigenvalue weighted by molar-refractivity contribution is 0.415. The number of methoxy groups -OCH3 is 1. The molecule has 118 valence electrons. The van der Waals surface area contributed by atoms with Crippen LogP contribution < -0.4 is 10.1 Å². The number of ether oxygens (including phenoxy) is 1. The highest BCUT2D eigenvalue weighted by molar-refractivity contribution is 5.76. The van der Waals surface area contributed by atoms with Gasteiger partial charge in [0, 0.05) is 11.3 Å². The molecule has 2 heterocycles. The molecule has 0 spiro atoms. The quantitative estimate of drug-likeness (QED) is 0.614. The van der Waals surface area contributed by atoms with E-state index in [1.54, 1.807) is 13.4 Å². The summed E-state index contributed by atoms with van der Waals surface area (Å²) < 4.78 is 7.25. The molecule has 0 aliphatic rings. The number of para-hydroxylation sites is 1. The summed E-state index contributed by atoms with van der Waals surface area (Å²) in [4.78, 5) is 8.87. The monoisotopic (exact) mass is 316 g/mol. The molecule has 2 aromatic heterocycles. The third-order valence-electron chi connectivity index (χ3n) is 3.88. The van der Waals surface area contributed by atoms with Crippen molar-refractivity contribution in [2.45, 2.75) is 0 Å². The van der Waals surface area contributed by atoms with Gasteiger partial charge in [0.05, 0.1) is 31.5 Å². The second-order valence-corrected chi connectivity index (χ2v) is 5.36. The zero-order chi connectivity index (χ0) is 16.4. The van der Waals surface area contributed by atoms with Crippen molar-refractivity contribution in [2.75, 3.05) is 12.4 Å². The van der Waals surface area contributed by atoms with Crippen molar-refractivity contribution in [3.05, 3.63) is 73.3 Å². The Labute approximate surface area is 139 Å². The highest BCUT2D eigenvalue weighted by atomic mass is 16.5. The average molecular weight is 316 g/mol. The Balaban J connectivity index is 1.76. The van der Waals surface area contributed by atoms with Crippen molar-refractivity contribution >= 4 is 17.0 Å². The Morgan fingerprint density at radius 1 is 0.958 bits per heavy atom. The summed E-state index contributed by atoms with van der Waals surface area (Å²) in [5.74, 6) is 1.60. The van der Waals surface area contributed by atoms with Crippen LogP contribution in [0.4, 0.5) is 11.5 Å². The Morgan fingerprint density at radius 3 is 2.50 bits per heavy atom. The molecule has 0 bridgehead atoms. The molecule has 2 aromatic carbocycles. The predicted molar refractivity (Wildman–Crippen MR) is 94.7 cm³/mol. The summed E-state index contributed by atoms with van der Waals surface area (Å²) in [6, 6.07) is 17.9. The molecule has 0 aliphatic carbocycles. The first kappa shape index (κ1) is 14.3. The second-order valence-electron chi connectivity index (χ2n) is 5.36. The van der Waals surface area contributed by atoms with Gasteiger partial charge in [-0.1, -0.05) is 18.2 Å². The molecule has 5 nitrogen and oxygen atoms in total. The number of hydrogen-bond donors (Lipinski definition) is 1. The van der Waals surface area contributed by atoms with Crippen LogP contribution in [0.3, 0.4) is 0 Å². The molecule has 0 fully saturated rings. The Kier molecular flexibility index (Phi) is 3.59. The summed E-state index contributed by atoms with van der Waals surface area (Å²) >= 11 is 0. The van der Waals surface area contributed by atoms with E-state index in [0.29, 0.717) is 0 Å². The molecular formula is C19H16N4O. The third-order valence-corrected chi connectivity index (χ3v) is 3.88. The van der Waals surface area contributed by atoms with Crippen molar-refractivity contribution < 1.29 is 4.74 Å². The molecule has 0 saturated carbocycles. The van der Waals surface area contributed by atoms with E-state index in [4.69, 9.17) is 4.74 Å². The van der Waals surface area contributed by atoms with Crippen molar-refractivity contribution in [1.82, 2.24) is 14.4 Å². The van der Waals surface area contributed by atoms with Crippen molar-refractivity contribution in [1.29, 1.82) is 0 Å². The van der Waals surface area contributed by atoms with Crippen LogP contribution in [0.5, 0.6) is 5.75 Å². The van der Waals surface area contributed by atoms with E-state index in [1.165, 1.54) is 0 Å². The van der Waals surface area contributed by atoms with Gasteiger partial charge in [-0.3, -0.25) is 4.40 Å². The molecule has 0 radical (unpaired) electrons. The fraction of sp³-hybridized carbons (Fsp3) is 0.0526. The van der Waals surface area contributed by atoms with Gasteiger partial charge in [-0.05, 0) is 36.4 Å². The number of anilines is 2. The van der Waals surface area contributed by atoms with E-state index >= 15 is 0 Å². The summed E-state index contributed by atoms with van der Waals surface area (Å²) in [7, 11) is 1.66. The third kappa shape index (κ3) is 2.56. The van der Waals surface area contributed by atoms with Crippen LogP contribution in [0.1, 0.15) is 0 Å². The van der Waals surface area contributed by atoms with E-state index in [9.17, 15) is 0 Å². The predicted octanol–water partition coefficient (Wildman–Crippen LogP) is 4.15. The maximum absolute atomic E-state index is 5.22. The Hall–Kier alpha value is -3.34. The van der Waals surface area contributed by atoms with E-state index < -0.39 is 0 Å². The van der Waals surface area contributed by atoms with Crippen LogP contribution >= 0.6 is 0 Å². The number of benzene rings is 2. The Morgan fingerprint density at radius 2 is 1.75 bits per heavy atom. The standard InChI is InChI=1S/C19H16N4O/c1-24-16-9-7-14(8-10-16)17-12-21-19(18-11-20-13-23(17)18)22-15-5-3-2-4-6-15/h2-13H,1H3,(H,21,22). The van der Waals surface area contributed by atoms with Crippen LogP contribution in [0.15, 0.2) is 73.3 Å². The van der Waals surface area contributed by atoms with Crippen LogP contribution in [0, 0.1) is 0 Å². The van der Waals surface area contributed by atoms with Crippen LogP contribution in [0.25, 0.3) is 16.8 Å². The van der Waals surface area contributed by atoms with Crippen LogP contribution in [-0.4, -0.2) is 21.5 Å². The lowest BCUT2D eigenvalue weighted by atomic mass is 10.1. The lowest BCUT2D eigenvalue weighted by Gasteiger charge is -2.11. The largest absolute Gasteiger partial charge is 0.497 e. The van der Waals surface area contributed by atoms with E-state index in [-0.39, 0.29) is 0 Å². The maximum atomic E-state index is 5.22. The van der Waals surface area contributed by atoms with E-state index in [1.807, 2.05) is 71.4 Å². The summed E-state index contributed by atoms with van der Waals surface area (Å²) in [6.07, 6.45) is 5.46. The molecule has 4 rings (SSSR count). The summed E-state index contributed by atoms with van der Waals surface area (Å²) in [5, 5.41) is 3.34. The van der Waals surface area contributed by atoms with Crippen molar-refractivity contribution in [3.63, 3.8) is 0 Å².